The van der Waals surface area contributed by atoms with Crippen molar-refractivity contribution >= 4 is 0 Å². The van der Waals surface area contributed by atoms with Crippen molar-refractivity contribution in [2.45, 2.75) is 39.3 Å². The molecule has 0 amide bonds. The van der Waals surface area contributed by atoms with Gasteiger partial charge < -0.3 is 10.1 Å². The minimum Gasteiger partial charge on any atom is -0.368 e. The number of hydrogen-bond acceptors (Lipinski definition) is 5. The number of morpholine rings is 1. The van der Waals surface area contributed by atoms with Crippen LogP contribution < -0.4 is 5.32 Å². The third kappa shape index (κ3) is 2.71. The van der Waals surface area contributed by atoms with Crippen LogP contribution in [0, 0.1) is 0 Å². The van der Waals surface area contributed by atoms with E-state index in [-0.39, 0.29) is 6.10 Å². The third-order valence-electron chi connectivity index (χ3n) is 4.26. The van der Waals surface area contributed by atoms with E-state index in [1.165, 1.54) is 17.0 Å². The molecule has 1 atom stereocenters. The van der Waals surface area contributed by atoms with Gasteiger partial charge in [-0.1, -0.05) is 13.8 Å². The molecule has 0 saturated carbocycles. The number of likely N-dealkylation sites (N-methyl/N-ethyl adjacent to an activating group) is 1. The maximum Gasteiger partial charge on any atom is 0.158 e. The van der Waals surface area contributed by atoms with Crippen LogP contribution in [0.4, 0.5) is 0 Å². The quantitative estimate of drug-likeness (QED) is 0.895. The lowest BCUT2D eigenvalue weighted by molar-refractivity contribution is -0.0328. The highest BCUT2D eigenvalue weighted by Gasteiger charge is 2.26. The summed E-state index contributed by atoms with van der Waals surface area (Å²) in [6, 6.07) is 0. The fourth-order valence-corrected chi connectivity index (χ4v) is 3.02. The van der Waals surface area contributed by atoms with Crippen molar-refractivity contribution in [2.75, 3.05) is 32.8 Å². The number of rotatable bonds is 3. The summed E-state index contributed by atoms with van der Waals surface area (Å²) < 4.78 is 5.90. The van der Waals surface area contributed by atoms with E-state index < -0.39 is 0 Å². The molecule has 1 N–H and O–H groups in total. The van der Waals surface area contributed by atoms with E-state index in [2.05, 4.69) is 24.1 Å². The molecule has 0 aliphatic carbocycles. The smallest absolute Gasteiger partial charge is 0.158 e. The predicted octanol–water partition coefficient (Wildman–Crippen LogP) is 1.08. The van der Waals surface area contributed by atoms with E-state index in [1.807, 2.05) is 0 Å². The molecule has 1 fully saturated rings. The number of hydrogen-bond donors (Lipinski definition) is 1. The van der Waals surface area contributed by atoms with E-state index in [0.29, 0.717) is 0 Å². The highest BCUT2D eigenvalue weighted by atomic mass is 16.5. The lowest BCUT2D eigenvalue weighted by atomic mass is 10.0. The van der Waals surface area contributed by atoms with E-state index in [9.17, 15) is 0 Å². The molecule has 1 unspecified atom stereocenters. The molecule has 0 aromatic carbocycles. The fourth-order valence-electron chi connectivity index (χ4n) is 3.02. The first-order valence-electron chi connectivity index (χ1n) is 7.75. The first-order chi connectivity index (χ1) is 9.81. The van der Waals surface area contributed by atoms with Crippen molar-refractivity contribution in [3.63, 3.8) is 0 Å². The lowest BCUT2D eigenvalue weighted by Crippen LogP contribution is -2.39. The molecule has 2 aliphatic heterocycles. The van der Waals surface area contributed by atoms with Crippen molar-refractivity contribution in [3.8, 4) is 0 Å². The van der Waals surface area contributed by atoms with Crippen LogP contribution in [0.15, 0.2) is 0 Å². The van der Waals surface area contributed by atoms with Crippen molar-refractivity contribution < 1.29 is 4.74 Å². The van der Waals surface area contributed by atoms with E-state index in [4.69, 9.17) is 14.7 Å². The molecule has 110 valence electrons. The highest BCUT2D eigenvalue weighted by molar-refractivity contribution is 5.29. The molecular weight excluding hydrogens is 252 g/mol. The summed E-state index contributed by atoms with van der Waals surface area (Å²) >= 11 is 0. The summed E-state index contributed by atoms with van der Waals surface area (Å²) in [5, 5.41) is 3.41. The molecule has 1 aromatic heterocycles. The van der Waals surface area contributed by atoms with E-state index in [1.54, 1.807) is 0 Å². The molecule has 0 radical (unpaired) electrons. The van der Waals surface area contributed by atoms with Crippen LogP contribution >= 0.6 is 0 Å². The Kier molecular flexibility index (Phi) is 4.29. The van der Waals surface area contributed by atoms with Gasteiger partial charge in [0, 0.05) is 43.9 Å². The number of fused-ring (bicyclic) bond motifs is 1. The van der Waals surface area contributed by atoms with Gasteiger partial charge in [-0.3, -0.25) is 4.90 Å². The topological polar surface area (TPSA) is 50.3 Å². The van der Waals surface area contributed by atoms with Crippen LogP contribution in [-0.4, -0.2) is 47.7 Å². The Morgan fingerprint density at radius 3 is 3.05 bits per heavy atom. The molecule has 3 rings (SSSR count). The predicted molar refractivity (Wildman–Crippen MR) is 77.6 cm³/mol. The minimum atomic E-state index is 0.0363. The molecule has 3 heterocycles. The Bertz CT molecular complexity index is 460. The summed E-state index contributed by atoms with van der Waals surface area (Å²) in [4.78, 5) is 12.0. The second-order valence-corrected chi connectivity index (χ2v) is 5.49. The molecule has 2 aliphatic rings. The molecule has 5 nitrogen and oxygen atoms in total. The first-order valence-corrected chi connectivity index (χ1v) is 7.75. The maximum atomic E-state index is 5.90. The van der Waals surface area contributed by atoms with Crippen LogP contribution in [0.1, 0.15) is 42.7 Å². The molecule has 1 aromatic rings. The van der Waals surface area contributed by atoms with Gasteiger partial charge in [0.1, 0.15) is 6.10 Å². The van der Waals surface area contributed by atoms with Gasteiger partial charge >= 0.3 is 0 Å². The maximum absolute atomic E-state index is 5.90. The zero-order chi connectivity index (χ0) is 13.9. The Labute approximate surface area is 120 Å². The molecule has 1 saturated heterocycles. The van der Waals surface area contributed by atoms with Crippen molar-refractivity contribution in [1.29, 1.82) is 0 Å². The van der Waals surface area contributed by atoms with Crippen molar-refractivity contribution in [1.82, 2.24) is 20.2 Å². The Hall–Kier alpha value is -1.04. The van der Waals surface area contributed by atoms with E-state index >= 15 is 0 Å². The normalized spacial score (nSPS) is 23.6. The molecule has 0 bridgehead atoms. The Morgan fingerprint density at radius 2 is 2.25 bits per heavy atom. The monoisotopic (exact) mass is 276 g/mol. The minimum absolute atomic E-state index is 0.0363. The van der Waals surface area contributed by atoms with Gasteiger partial charge in [-0.25, -0.2) is 9.97 Å². The lowest BCUT2D eigenvalue weighted by Gasteiger charge is -2.32. The molecule has 5 heteroatoms. The average molecular weight is 276 g/mol. The van der Waals surface area contributed by atoms with Gasteiger partial charge in [-0.15, -0.1) is 0 Å². The van der Waals surface area contributed by atoms with Crippen LogP contribution in [0.3, 0.4) is 0 Å². The van der Waals surface area contributed by atoms with Gasteiger partial charge in [0.05, 0.1) is 12.3 Å². The summed E-state index contributed by atoms with van der Waals surface area (Å²) in [5.74, 6) is 0.889. The summed E-state index contributed by atoms with van der Waals surface area (Å²) in [6.07, 6.45) is 2.00. The first kappa shape index (κ1) is 13.9. The second kappa shape index (κ2) is 6.16. The van der Waals surface area contributed by atoms with E-state index in [0.717, 1.165) is 58.0 Å². The van der Waals surface area contributed by atoms with Crippen LogP contribution in [-0.2, 0) is 24.1 Å². The third-order valence-corrected chi connectivity index (χ3v) is 4.26. The van der Waals surface area contributed by atoms with Crippen LogP contribution in [0.2, 0.25) is 0 Å². The summed E-state index contributed by atoms with van der Waals surface area (Å²) in [7, 11) is 0. The van der Waals surface area contributed by atoms with Gasteiger partial charge in [0.15, 0.2) is 5.82 Å². The molecule has 0 spiro atoms. The van der Waals surface area contributed by atoms with Crippen LogP contribution in [0.5, 0.6) is 0 Å². The Morgan fingerprint density at radius 1 is 1.35 bits per heavy atom. The van der Waals surface area contributed by atoms with Gasteiger partial charge in [0.2, 0.25) is 0 Å². The van der Waals surface area contributed by atoms with Crippen LogP contribution in [0.25, 0.3) is 0 Å². The molecule has 20 heavy (non-hydrogen) atoms. The van der Waals surface area contributed by atoms with Gasteiger partial charge in [-0.05, 0) is 13.0 Å². The standard InChI is InChI=1S/C15H24N4O/c1-3-12-11-9-16-6-5-13(11)18-15(17-12)14-10-19(4-2)7-8-20-14/h14,16H,3-10H2,1-2H3. The zero-order valence-electron chi connectivity index (χ0n) is 12.5. The number of nitrogens with one attached hydrogen (secondary N) is 1. The van der Waals surface area contributed by atoms with Gasteiger partial charge in [-0.2, -0.15) is 0 Å². The number of ether oxygens (including phenoxy) is 1. The number of aromatic nitrogens is 2. The SMILES string of the molecule is CCc1nc(C2CN(CC)CCO2)nc2c1CNCC2. The highest BCUT2D eigenvalue weighted by Crippen LogP contribution is 2.23. The van der Waals surface area contributed by atoms with Gasteiger partial charge in [0.25, 0.3) is 0 Å². The second-order valence-electron chi connectivity index (χ2n) is 5.49. The van der Waals surface area contributed by atoms with Crippen molar-refractivity contribution in [3.05, 3.63) is 22.8 Å². The fraction of sp³-hybridized carbons (Fsp3) is 0.733. The summed E-state index contributed by atoms with van der Waals surface area (Å²) in [5.41, 5.74) is 3.72. The largest absolute Gasteiger partial charge is 0.368 e. The summed E-state index contributed by atoms with van der Waals surface area (Å²) in [6.45, 7) is 10.1. The molecular formula is C15H24N4O. The average Bonchev–Trinajstić information content (AvgIpc) is 2.53. The Balaban J connectivity index is 1.89. The number of aryl methyl sites for hydroxylation is 1. The van der Waals surface area contributed by atoms with Crippen molar-refractivity contribution in [2.24, 2.45) is 0 Å². The zero-order valence-corrected chi connectivity index (χ0v) is 12.5. The number of nitrogens with zero attached hydrogens (tertiary/aromatic N) is 3.